The van der Waals surface area contributed by atoms with Crippen molar-refractivity contribution in [1.82, 2.24) is 33.7 Å². The highest BCUT2D eigenvalue weighted by atomic mass is 19.1. The fraction of sp³-hybridized carbons (Fsp3) is 0.488. The Morgan fingerprint density at radius 2 is 1.63 bits per heavy atom. The van der Waals surface area contributed by atoms with E-state index in [-0.39, 0.29) is 42.6 Å². The number of carbonyl (C=O) groups is 2. The molecule has 3 aliphatic heterocycles. The monoisotopic (exact) mass is 781 g/mol. The first kappa shape index (κ1) is 38.8. The number of halogens is 1. The third-order valence-corrected chi connectivity index (χ3v) is 12.8. The molecule has 3 atom stereocenters. The maximum absolute atomic E-state index is 17.1. The Balaban J connectivity index is 0.947. The molecule has 4 aliphatic rings. The van der Waals surface area contributed by atoms with Crippen molar-refractivity contribution in [2.24, 2.45) is 14.1 Å². The first-order valence-corrected chi connectivity index (χ1v) is 19.9. The van der Waals surface area contributed by atoms with Gasteiger partial charge in [0.05, 0.1) is 30.8 Å². The molecule has 8 rings (SSSR count). The van der Waals surface area contributed by atoms with Gasteiger partial charge >= 0.3 is 5.69 Å². The molecule has 1 aliphatic carbocycles. The molecule has 2 amide bonds. The molecule has 14 heteroatoms. The van der Waals surface area contributed by atoms with E-state index in [2.05, 4.69) is 26.6 Å². The summed E-state index contributed by atoms with van der Waals surface area (Å²) in [6.45, 7) is 8.72. The number of piperidine rings is 2. The number of imide groups is 1. The normalized spacial score (nSPS) is 23.5. The largest absolute Gasteiger partial charge is 0.496 e. The molecule has 4 aromatic rings. The van der Waals surface area contributed by atoms with Gasteiger partial charge in [0, 0.05) is 96.2 Å². The number of piperazine rings is 1. The summed E-state index contributed by atoms with van der Waals surface area (Å²) in [6.07, 6.45) is 7.08. The number of ether oxygens (including phenoxy) is 2. The van der Waals surface area contributed by atoms with Gasteiger partial charge in [-0.15, -0.1) is 0 Å². The number of aryl methyl sites for hydroxylation is 2. The average Bonchev–Trinajstić information content (AvgIpc) is 3.80. The standard InChI is InChI=1S/C43H52FN7O6/c1-6-43(44)26-49(25-32-35(56-4)21-28(22-36(32)57-5)31-24-46(2)41(54)30-11-8-10-29(30)31)16-15-37(43)50-19-17-48(18-20-50)23-27-9-7-12-33-39(27)47(3)42(55)51(33)34-13-14-38(52)45-40(34)53/h6-7,9,12,21-22,24,34,37H,1,8,10-11,13-20,23,25-26H2,2-5H3,(H,45,52,53). The topological polar surface area (TPSA) is 123 Å². The van der Waals surface area contributed by atoms with Crippen molar-refractivity contribution in [3.05, 3.63) is 92.3 Å². The number of pyridine rings is 1. The molecule has 5 heterocycles. The van der Waals surface area contributed by atoms with Crippen LogP contribution < -0.4 is 26.0 Å². The van der Waals surface area contributed by atoms with Crippen LogP contribution in [0.5, 0.6) is 11.5 Å². The summed E-state index contributed by atoms with van der Waals surface area (Å²) in [7, 11) is 6.79. The van der Waals surface area contributed by atoms with E-state index in [1.54, 1.807) is 37.4 Å². The van der Waals surface area contributed by atoms with Gasteiger partial charge in [0.25, 0.3) is 5.56 Å². The molecule has 1 N–H and O–H groups in total. The highest BCUT2D eigenvalue weighted by molar-refractivity contribution is 6.00. The van der Waals surface area contributed by atoms with Gasteiger partial charge in [-0.1, -0.05) is 24.8 Å². The lowest BCUT2D eigenvalue weighted by atomic mass is 9.86. The number of nitrogens with one attached hydrogen (secondary N) is 1. The van der Waals surface area contributed by atoms with E-state index in [1.807, 2.05) is 36.5 Å². The van der Waals surface area contributed by atoms with Crippen LogP contribution in [0.2, 0.25) is 0 Å². The fourth-order valence-electron chi connectivity index (χ4n) is 9.83. The summed E-state index contributed by atoms with van der Waals surface area (Å²) in [6, 6.07) is 8.73. The summed E-state index contributed by atoms with van der Waals surface area (Å²) < 4.78 is 33.7. The van der Waals surface area contributed by atoms with Crippen molar-refractivity contribution in [3.8, 4) is 22.6 Å². The molecule has 2 aromatic carbocycles. The minimum absolute atomic E-state index is 0.0624. The number of rotatable bonds is 10. The maximum Gasteiger partial charge on any atom is 0.329 e. The maximum atomic E-state index is 17.1. The van der Waals surface area contributed by atoms with E-state index in [4.69, 9.17) is 9.47 Å². The van der Waals surface area contributed by atoms with Gasteiger partial charge in [-0.25, -0.2) is 9.18 Å². The number of benzene rings is 2. The summed E-state index contributed by atoms with van der Waals surface area (Å²) in [5, 5.41) is 2.38. The number of aromatic nitrogens is 3. The number of nitrogens with zero attached hydrogens (tertiary/aromatic N) is 6. The predicted octanol–water partition coefficient (Wildman–Crippen LogP) is 3.48. The highest BCUT2D eigenvalue weighted by Gasteiger charge is 2.45. The Labute approximate surface area is 331 Å². The van der Waals surface area contributed by atoms with Gasteiger partial charge in [-0.3, -0.25) is 43.5 Å². The van der Waals surface area contributed by atoms with Crippen LogP contribution in [-0.2, 0) is 49.6 Å². The van der Waals surface area contributed by atoms with Gasteiger partial charge in [0.1, 0.15) is 17.5 Å². The van der Waals surface area contributed by atoms with Crippen LogP contribution in [0.4, 0.5) is 4.39 Å². The molecule has 3 fully saturated rings. The third kappa shape index (κ3) is 6.91. The Morgan fingerprint density at radius 3 is 2.32 bits per heavy atom. The second kappa shape index (κ2) is 15.4. The van der Waals surface area contributed by atoms with E-state index in [0.717, 1.165) is 71.2 Å². The third-order valence-electron chi connectivity index (χ3n) is 12.8. The zero-order valence-corrected chi connectivity index (χ0v) is 33.3. The lowest BCUT2D eigenvalue weighted by Crippen LogP contribution is -2.62. The minimum atomic E-state index is -1.64. The summed E-state index contributed by atoms with van der Waals surface area (Å²) in [5.74, 6) is 0.550. The smallest absolute Gasteiger partial charge is 0.329 e. The van der Waals surface area contributed by atoms with Gasteiger partial charge in [-0.2, -0.15) is 0 Å². The second-order valence-corrected chi connectivity index (χ2v) is 16.1. The molecule has 0 saturated carbocycles. The molecule has 0 radical (unpaired) electrons. The van der Waals surface area contributed by atoms with Crippen molar-refractivity contribution in [2.45, 2.75) is 69.4 Å². The molecule has 302 valence electrons. The lowest BCUT2D eigenvalue weighted by Gasteiger charge is -2.49. The van der Waals surface area contributed by atoms with Crippen LogP contribution in [0.3, 0.4) is 0 Å². The minimum Gasteiger partial charge on any atom is -0.496 e. The van der Waals surface area contributed by atoms with Gasteiger partial charge in [-0.05, 0) is 67.0 Å². The quantitative estimate of drug-likeness (QED) is 0.191. The summed E-state index contributed by atoms with van der Waals surface area (Å²) >= 11 is 0. The van der Waals surface area contributed by atoms with Crippen molar-refractivity contribution < 1.29 is 23.5 Å². The van der Waals surface area contributed by atoms with Crippen molar-refractivity contribution in [3.63, 3.8) is 0 Å². The molecular formula is C43H52FN7O6. The number of hydrogen-bond acceptors (Lipinski definition) is 9. The van der Waals surface area contributed by atoms with Crippen molar-refractivity contribution >= 4 is 22.8 Å². The molecule has 2 aromatic heterocycles. The lowest BCUT2D eigenvalue weighted by molar-refractivity contribution is -0.135. The molecule has 57 heavy (non-hydrogen) atoms. The molecule has 3 unspecified atom stereocenters. The van der Waals surface area contributed by atoms with Crippen LogP contribution in [0.15, 0.2) is 58.8 Å². The number of hydrogen-bond donors (Lipinski definition) is 1. The number of likely N-dealkylation sites (tertiary alicyclic amines) is 1. The van der Waals surface area contributed by atoms with E-state index < -0.39 is 17.6 Å². The number of amides is 2. The van der Waals surface area contributed by atoms with Crippen LogP contribution in [0.25, 0.3) is 22.2 Å². The van der Waals surface area contributed by atoms with Gasteiger partial charge in [0.2, 0.25) is 11.8 Å². The first-order chi connectivity index (χ1) is 27.4. The zero-order chi connectivity index (χ0) is 40.2. The summed E-state index contributed by atoms with van der Waals surface area (Å²) in [4.78, 5) is 57.5. The Hall–Kier alpha value is -5.05. The molecule has 0 spiro atoms. The SMILES string of the molecule is C=CC1(F)CN(Cc2c(OC)cc(-c3cn(C)c(=O)c4c3CCC4)cc2OC)CCC1N1CCN(Cc2cccc3c2n(C)c(=O)n3C2CCC(=O)NC2=O)CC1. The second-order valence-electron chi connectivity index (χ2n) is 16.1. The van der Waals surface area contributed by atoms with E-state index in [0.29, 0.717) is 56.2 Å². The van der Waals surface area contributed by atoms with E-state index in [1.165, 1.54) is 10.6 Å². The van der Waals surface area contributed by atoms with Crippen LogP contribution in [0, 0.1) is 0 Å². The summed E-state index contributed by atoms with van der Waals surface area (Å²) in [5.41, 5.74) is 5.32. The molecule has 0 bridgehead atoms. The number of methoxy groups -OCH3 is 2. The first-order valence-electron chi connectivity index (χ1n) is 19.9. The van der Waals surface area contributed by atoms with Crippen LogP contribution >= 0.6 is 0 Å². The highest BCUT2D eigenvalue weighted by Crippen LogP contribution is 2.40. The van der Waals surface area contributed by atoms with E-state index in [9.17, 15) is 19.2 Å². The van der Waals surface area contributed by atoms with Crippen LogP contribution in [0.1, 0.15) is 54.0 Å². The Morgan fingerprint density at radius 1 is 0.912 bits per heavy atom. The molecular weight excluding hydrogens is 730 g/mol. The number of para-hydroxylation sites is 1. The average molecular weight is 782 g/mol. The Kier molecular flexibility index (Phi) is 10.5. The van der Waals surface area contributed by atoms with Gasteiger partial charge < -0.3 is 14.0 Å². The number of carbonyl (C=O) groups excluding carboxylic acids is 2. The van der Waals surface area contributed by atoms with Gasteiger partial charge in [0.15, 0.2) is 5.67 Å². The van der Waals surface area contributed by atoms with Crippen molar-refractivity contribution in [2.75, 3.05) is 53.5 Å². The molecule has 13 nitrogen and oxygen atoms in total. The molecule has 3 saturated heterocycles. The van der Waals surface area contributed by atoms with Crippen molar-refractivity contribution in [1.29, 1.82) is 0 Å². The number of alkyl halides is 1. The Bertz CT molecular complexity index is 2350. The van der Waals surface area contributed by atoms with Crippen LogP contribution in [-0.4, -0.2) is 105 Å². The zero-order valence-electron chi connectivity index (χ0n) is 33.3. The van der Waals surface area contributed by atoms with E-state index >= 15 is 4.39 Å². The number of fused-ring (bicyclic) bond motifs is 2. The number of imidazole rings is 1. The predicted molar refractivity (Wildman–Crippen MR) is 215 cm³/mol. The fourth-order valence-corrected chi connectivity index (χ4v) is 9.83.